The molecule has 0 unspecified atom stereocenters. The molecule has 0 bridgehead atoms. The second-order valence-electron chi connectivity index (χ2n) is 6.36. The molecule has 1 aromatic heterocycles. The molecule has 2 aromatic carbocycles. The van der Waals surface area contributed by atoms with Gasteiger partial charge in [0.15, 0.2) is 11.6 Å². The summed E-state index contributed by atoms with van der Waals surface area (Å²) in [4.78, 5) is 10.9. The first-order chi connectivity index (χ1) is 13.3. The van der Waals surface area contributed by atoms with Crippen molar-refractivity contribution < 1.29 is 5.11 Å². The summed E-state index contributed by atoms with van der Waals surface area (Å²) in [6.07, 6.45) is 1.73. The van der Waals surface area contributed by atoms with Gasteiger partial charge in [0.25, 0.3) is 0 Å². The highest BCUT2D eigenvalue weighted by molar-refractivity contribution is 9.11. The highest BCUT2D eigenvalue weighted by Crippen LogP contribution is 2.37. The van der Waals surface area contributed by atoms with E-state index in [1.807, 2.05) is 50.2 Å². The highest BCUT2D eigenvalue weighted by Gasteiger charge is 2.13. The van der Waals surface area contributed by atoms with Crippen LogP contribution >= 0.6 is 31.9 Å². The summed E-state index contributed by atoms with van der Waals surface area (Å²) in [7, 11) is 4.00. The smallest absolute Gasteiger partial charge is 0.165 e. The van der Waals surface area contributed by atoms with E-state index in [-0.39, 0.29) is 5.75 Å². The molecule has 3 rings (SSSR count). The molecule has 0 aliphatic rings. The lowest BCUT2D eigenvalue weighted by Crippen LogP contribution is -2.08. The van der Waals surface area contributed by atoms with Crippen LogP contribution in [0.2, 0.25) is 0 Å². The van der Waals surface area contributed by atoms with E-state index >= 15 is 0 Å². The second-order valence-corrected chi connectivity index (χ2v) is 8.13. The van der Waals surface area contributed by atoms with Gasteiger partial charge in [-0.15, -0.1) is 0 Å². The molecule has 0 aliphatic carbocycles. The lowest BCUT2D eigenvalue weighted by atomic mass is 10.2. The molecule has 0 atom stereocenters. The number of phenolic OH excluding ortho intramolecular Hbond substituents is 1. The van der Waals surface area contributed by atoms with Crippen molar-refractivity contribution >= 4 is 49.6 Å². The van der Waals surface area contributed by atoms with Crippen LogP contribution in [0.5, 0.6) is 5.75 Å². The van der Waals surface area contributed by atoms with E-state index in [1.54, 1.807) is 24.4 Å². The second kappa shape index (κ2) is 8.70. The van der Waals surface area contributed by atoms with Gasteiger partial charge < -0.3 is 10.0 Å². The van der Waals surface area contributed by atoms with Gasteiger partial charge in [-0.1, -0.05) is 28.1 Å². The number of nitrogens with zero attached hydrogens (tertiary/aromatic N) is 4. The quantitative estimate of drug-likeness (QED) is 0.369. The maximum atomic E-state index is 10.3. The number of benzene rings is 2. The van der Waals surface area contributed by atoms with Crippen LogP contribution in [0.4, 0.5) is 11.5 Å². The average molecular weight is 505 g/mol. The molecule has 8 heteroatoms. The SMILES string of the molecule is Cc1cc(N/N=C\c2ccc(N(C)C)cc2)nc(-c2cc(Br)cc(Br)c2O)n1. The van der Waals surface area contributed by atoms with E-state index in [9.17, 15) is 5.11 Å². The van der Waals surface area contributed by atoms with Crippen molar-refractivity contribution in [3.63, 3.8) is 0 Å². The van der Waals surface area contributed by atoms with Crippen LogP contribution in [0.15, 0.2) is 56.5 Å². The fraction of sp³-hybridized carbons (Fsp3) is 0.150. The largest absolute Gasteiger partial charge is 0.506 e. The molecule has 0 amide bonds. The Morgan fingerprint density at radius 1 is 1.07 bits per heavy atom. The summed E-state index contributed by atoms with van der Waals surface area (Å²) in [6, 6.07) is 13.4. The summed E-state index contributed by atoms with van der Waals surface area (Å²) in [5.41, 5.74) is 6.31. The predicted octanol–water partition coefficient (Wildman–Crippen LogP) is 5.19. The molecule has 1 heterocycles. The standard InChI is InChI=1S/C20H19Br2N5O/c1-12-8-18(26-23-11-13-4-6-15(7-5-13)27(2)3)25-20(24-12)16-9-14(21)10-17(22)19(16)28/h4-11,28H,1-3H3,(H,24,25,26)/b23-11-. The fourth-order valence-corrected chi connectivity index (χ4v) is 3.74. The Balaban J connectivity index is 1.82. The number of phenols is 1. The van der Waals surface area contributed by atoms with Gasteiger partial charge in [0, 0.05) is 36.0 Å². The van der Waals surface area contributed by atoms with Crippen molar-refractivity contribution in [3.8, 4) is 17.1 Å². The van der Waals surface area contributed by atoms with Crippen LogP contribution in [0.25, 0.3) is 11.4 Å². The van der Waals surface area contributed by atoms with Crippen LogP contribution in [-0.4, -0.2) is 35.4 Å². The lowest BCUT2D eigenvalue weighted by Gasteiger charge is -2.11. The molecule has 144 valence electrons. The topological polar surface area (TPSA) is 73.6 Å². The van der Waals surface area contributed by atoms with Crippen LogP contribution in [0, 0.1) is 6.92 Å². The Morgan fingerprint density at radius 3 is 2.46 bits per heavy atom. The molecule has 0 aliphatic heterocycles. The molecule has 0 fully saturated rings. The molecule has 0 spiro atoms. The molecular weight excluding hydrogens is 486 g/mol. The summed E-state index contributed by atoms with van der Waals surface area (Å²) < 4.78 is 1.38. The summed E-state index contributed by atoms with van der Waals surface area (Å²) in [5.74, 6) is 1.04. The third-order valence-corrected chi connectivity index (χ3v) is 4.99. The third-order valence-electron chi connectivity index (χ3n) is 3.93. The normalized spacial score (nSPS) is 11.0. The Hall–Kier alpha value is -2.45. The number of hydrazone groups is 1. The number of hydrogen-bond acceptors (Lipinski definition) is 6. The number of aromatic nitrogens is 2. The zero-order valence-corrected chi connectivity index (χ0v) is 18.8. The van der Waals surface area contributed by atoms with Crippen molar-refractivity contribution in [1.82, 2.24) is 9.97 Å². The van der Waals surface area contributed by atoms with E-state index in [1.165, 1.54) is 0 Å². The highest BCUT2D eigenvalue weighted by atomic mass is 79.9. The van der Waals surface area contributed by atoms with Crippen LogP contribution < -0.4 is 10.3 Å². The lowest BCUT2D eigenvalue weighted by molar-refractivity contribution is 0.473. The Bertz CT molecular complexity index is 1020. The molecule has 2 N–H and O–H groups in total. The molecule has 28 heavy (non-hydrogen) atoms. The third kappa shape index (κ3) is 4.88. The number of rotatable bonds is 5. The molecule has 0 radical (unpaired) electrons. The van der Waals surface area contributed by atoms with E-state index in [4.69, 9.17) is 0 Å². The van der Waals surface area contributed by atoms with Crippen molar-refractivity contribution in [2.75, 3.05) is 24.4 Å². The van der Waals surface area contributed by atoms with Gasteiger partial charge in [-0.2, -0.15) is 5.10 Å². The number of nitrogens with one attached hydrogen (secondary N) is 1. The first-order valence-corrected chi connectivity index (χ1v) is 10.0. The number of halogens is 2. The van der Waals surface area contributed by atoms with Gasteiger partial charge in [0.05, 0.1) is 16.3 Å². The van der Waals surface area contributed by atoms with E-state index in [0.29, 0.717) is 21.7 Å². The van der Waals surface area contributed by atoms with Crippen molar-refractivity contribution in [2.24, 2.45) is 5.10 Å². The van der Waals surface area contributed by atoms with Gasteiger partial charge in [-0.25, -0.2) is 9.97 Å². The van der Waals surface area contributed by atoms with E-state index in [2.05, 4.69) is 52.4 Å². The Labute approximate surface area is 180 Å². The van der Waals surface area contributed by atoms with Crippen LogP contribution in [-0.2, 0) is 0 Å². The molecular formula is C20H19Br2N5O. The maximum Gasteiger partial charge on any atom is 0.165 e. The Kier molecular flexibility index (Phi) is 6.31. The minimum atomic E-state index is 0.0873. The molecule has 0 saturated carbocycles. The van der Waals surface area contributed by atoms with Crippen molar-refractivity contribution in [2.45, 2.75) is 6.92 Å². The van der Waals surface area contributed by atoms with Crippen LogP contribution in [0.3, 0.4) is 0 Å². The van der Waals surface area contributed by atoms with Gasteiger partial charge in [0.2, 0.25) is 0 Å². The van der Waals surface area contributed by atoms with Crippen molar-refractivity contribution in [1.29, 1.82) is 0 Å². The summed E-state index contributed by atoms with van der Waals surface area (Å²) in [6.45, 7) is 1.87. The first kappa shape index (κ1) is 20.3. The monoisotopic (exact) mass is 503 g/mol. The number of anilines is 2. The Morgan fingerprint density at radius 2 is 1.79 bits per heavy atom. The van der Waals surface area contributed by atoms with Gasteiger partial charge in [-0.3, -0.25) is 5.43 Å². The van der Waals surface area contributed by atoms with Crippen LogP contribution in [0.1, 0.15) is 11.3 Å². The van der Waals surface area contributed by atoms with Gasteiger partial charge in [0.1, 0.15) is 5.75 Å². The van der Waals surface area contributed by atoms with Gasteiger partial charge >= 0.3 is 0 Å². The average Bonchev–Trinajstić information content (AvgIpc) is 2.64. The summed E-state index contributed by atoms with van der Waals surface area (Å²) in [5, 5.41) is 14.6. The fourth-order valence-electron chi connectivity index (χ4n) is 2.51. The summed E-state index contributed by atoms with van der Waals surface area (Å²) >= 11 is 6.76. The molecule has 6 nitrogen and oxygen atoms in total. The number of aryl methyl sites for hydroxylation is 1. The number of aromatic hydroxyl groups is 1. The molecule has 0 saturated heterocycles. The minimum absolute atomic E-state index is 0.0873. The van der Waals surface area contributed by atoms with E-state index < -0.39 is 0 Å². The zero-order chi connectivity index (χ0) is 20.3. The maximum absolute atomic E-state index is 10.3. The number of hydrogen-bond donors (Lipinski definition) is 2. The minimum Gasteiger partial charge on any atom is -0.506 e. The van der Waals surface area contributed by atoms with E-state index in [0.717, 1.165) is 21.4 Å². The molecule has 3 aromatic rings. The zero-order valence-electron chi connectivity index (χ0n) is 15.6. The first-order valence-electron chi connectivity index (χ1n) is 8.44. The van der Waals surface area contributed by atoms with Crippen molar-refractivity contribution in [3.05, 3.63) is 62.7 Å². The van der Waals surface area contributed by atoms with Gasteiger partial charge in [-0.05, 0) is 52.7 Å². The predicted molar refractivity (Wildman–Crippen MR) is 121 cm³/mol.